The zero-order valence-electron chi connectivity index (χ0n) is 6.45. The fourth-order valence-corrected chi connectivity index (χ4v) is 0.887. The number of nitrogens with one attached hydrogen (secondary N) is 1. The van der Waals surface area contributed by atoms with Crippen molar-refractivity contribution in [3.05, 3.63) is 36.9 Å². The Morgan fingerprint density at radius 1 is 1.42 bits per heavy atom. The summed E-state index contributed by atoms with van der Waals surface area (Å²) in [5, 5.41) is 2.63. The topological polar surface area (TPSA) is 29.1 Å². The lowest BCUT2D eigenvalue weighted by atomic mass is 10.3. The number of carbonyl (C=O) groups is 1. The Hall–Kier alpha value is -1.22. The van der Waals surface area contributed by atoms with Crippen LogP contribution in [0.4, 0.5) is 5.69 Å². The maximum Gasteiger partial charge on any atom is 0.247 e. The third-order valence-electron chi connectivity index (χ3n) is 1.32. The molecular formula is C9H9NOS. The van der Waals surface area contributed by atoms with E-state index in [9.17, 15) is 4.79 Å². The fraction of sp³-hybridized carbons (Fsp3) is 0. The molecule has 0 bridgehead atoms. The highest BCUT2D eigenvalue weighted by Crippen LogP contribution is 2.11. The zero-order chi connectivity index (χ0) is 8.97. The molecule has 2 nitrogen and oxygen atoms in total. The summed E-state index contributed by atoms with van der Waals surface area (Å²) < 4.78 is 0. The van der Waals surface area contributed by atoms with Crippen molar-refractivity contribution in [3.63, 3.8) is 0 Å². The van der Waals surface area contributed by atoms with E-state index in [1.165, 1.54) is 6.08 Å². The van der Waals surface area contributed by atoms with Gasteiger partial charge in [-0.05, 0) is 30.3 Å². The van der Waals surface area contributed by atoms with Gasteiger partial charge >= 0.3 is 0 Å². The minimum Gasteiger partial charge on any atom is -0.323 e. The summed E-state index contributed by atoms with van der Waals surface area (Å²) in [5.41, 5.74) is 0.748. The van der Waals surface area contributed by atoms with Gasteiger partial charge in [-0.3, -0.25) is 4.79 Å². The maximum atomic E-state index is 10.8. The van der Waals surface area contributed by atoms with Crippen LogP contribution in [0.2, 0.25) is 0 Å². The number of anilines is 1. The van der Waals surface area contributed by atoms with Crippen LogP contribution in [0.25, 0.3) is 0 Å². The van der Waals surface area contributed by atoms with Crippen LogP contribution in [0.5, 0.6) is 0 Å². The average molecular weight is 179 g/mol. The summed E-state index contributed by atoms with van der Waals surface area (Å²) in [7, 11) is 0. The van der Waals surface area contributed by atoms with Crippen molar-refractivity contribution in [3.8, 4) is 0 Å². The number of carbonyl (C=O) groups excluding carboxylic acids is 1. The van der Waals surface area contributed by atoms with Gasteiger partial charge in [0.1, 0.15) is 0 Å². The molecule has 1 rings (SSSR count). The van der Waals surface area contributed by atoms with Gasteiger partial charge in [0.05, 0.1) is 0 Å². The van der Waals surface area contributed by atoms with Crippen molar-refractivity contribution in [2.24, 2.45) is 0 Å². The Bertz CT molecular complexity index is 292. The lowest BCUT2D eigenvalue weighted by Gasteiger charge is -2.00. The van der Waals surface area contributed by atoms with Crippen molar-refractivity contribution in [1.82, 2.24) is 0 Å². The Balaban J connectivity index is 2.71. The normalized spacial score (nSPS) is 9.08. The van der Waals surface area contributed by atoms with E-state index >= 15 is 0 Å². The van der Waals surface area contributed by atoms with Gasteiger partial charge in [-0.2, -0.15) is 0 Å². The van der Waals surface area contributed by atoms with Crippen LogP contribution in [0.15, 0.2) is 41.8 Å². The molecule has 0 spiro atoms. The quantitative estimate of drug-likeness (QED) is 0.528. The molecule has 3 heteroatoms. The van der Waals surface area contributed by atoms with Crippen LogP contribution in [-0.2, 0) is 4.79 Å². The van der Waals surface area contributed by atoms with E-state index in [-0.39, 0.29) is 5.91 Å². The Kier molecular flexibility index (Phi) is 2.94. The predicted octanol–water partition coefficient (Wildman–Crippen LogP) is 2.10. The van der Waals surface area contributed by atoms with Gasteiger partial charge in [-0.15, -0.1) is 12.6 Å². The number of amides is 1. The highest BCUT2D eigenvalue weighted by molar-refractivity contribution is 7.80. The van der Waals surface area contributed by atoms with Crippen LogP contribution in [0.1, 0.15) is 0 Å². The number of thiol groups is 1. The van der Waals surface area contributed by atoms with Crippen LogP contribution < -0.4 is 5.32 Å². The lowest BCUT2D eigenvalue weighted by Crippen LogP contribution is -2.06. The first-order valence-electron chi connectivity index (χ1n) is 3.45. The van der Waals surface area contributed by atoms with Crippen LogP contribution in [0, 0.1) is 0 Å². The Morgan fingerprint density at radius 3 is 2.50 bits per heavy atom. The third kappa shape index (κ3) is 2.43. The molecule has 0 saturated heterocycles. The molecule has 62 valence electrons. The molecule has 0 aliphatic rings. The highest BCUT2D eigenvalue weighted by Gasteiger charge is 1.94. The van der Waals surface area contributed by atoms with Crippen molar-refractivity contribution in [2.45, 2.75) is 4.90 Å². The summed E-state index contributed by atoms with van der Waals surface area (Å²) in [4.78, 5) is 11.7. The fourth-order valence-electron chi connectivity index (χ4n) is 0.738. The summed E-state index contributed by atoms with van der Waals surface area (Å²) in [5.74, 6) is -0.207. The molecule has 0 radical (unpaired) electrons. The van der Waals surface area contributed by atoms with E-state index in [0.29, 0.717) is 0 Å². The maximum absolute atomic E-state index is 10.8. The van der Waals surface area contributed by atoms with Crippen LogP contribution >= 0.6 is 12.6 Å². The lowest BCUT2D eigenvalue weighted by molar-refractivity contribution is -0.111. The van der Waals surface area contributed by atoms with Gasteiger partial charge < -0.3 is 5.32 Å². The molecule has 1 aromatic carbocycles. The smallest absolute Gasteiger partial charge is 0.247 e. The second kappa shape index (κ2) is 3.97. The van der Waals surface area contributed by atoms with Gasteiger partial charge in [0, 0.05) is 10.6 Å². The van der Waals surface area contributed by atoms with E-state index < -0.39 is 0 Å². The average Bonchev–Trinajstić information content (AvgIpc) is 2.09. The summed E-state index contributed by atoms with van der Waals surface area (Å²) >= 11 is 4.11. The number of hydrogen-bond donors (Lipinski definition) is 2. The molecule has 1 N–H and O–H groups in total. The van der Waals surface area contributed by atoms with Crippen molar-refractivity contribution < 1.29 is 4.79 Å². The van der Waals surface area contributed by atoms with Gasteiger partial charge in [0.15, 0.2) is 0 Å². The summed E-state index contributed by atoms with van der Waals surface area (Å²) in [6.07, 6.45) is 1.23. The molecule has 1 amide bonds. The van der Waals surface area contributed by atoms with E-state index in [4.69, 9.17) is 0 Å². The van der Waals surface area contributed by atoms with Crippen molar-refractivity contribution in [1.29, 1.82) is 0 Å². The van der Waals surface area contributed by atoms with E-state index in [1.54, 1.807) is 12.1 Å². The summed E-state index contributed by atoms with van der Waals surface area (Å²) in [6, 6.07) is 7.18. The predicted molar refractivity (Wildman–Crippen MR) is 52.5 cm³/mol. The number of benzene rings is 1. The third-order valence-corrected chi connectivity index (χ3v) is 1.62. The monoisotopic (exact) mass is 179 g/mol. The van der Waals surface area contributed by atoms with Crippen molar-refractivity contribution >= 4 is 24.2 Å². The first-order valence-corrected chi connectivity index (χ1v) is 3.89. The SMILES string of the molecule is C=CC(=O)Nc1ccc(S)cc1. The molecule has 0 aliphatic carbocycles. The van der Waals surface area contributed by atoms with Crippen LogP contribution in [-0.4, -0.2) is 5.91 Å². The Labute approximate surface area is 76.7 Å². The molecule has 0 saturated carbocycles. The van der Waals surface area contributed by atoms with Crippen LogP contribution in [0.3, 0.4) is 0 Å². The van der Waals surface area contributed by atoms with E-state index in [0.717, 1.165) is 10.6 Å². The molecule has 1 aromatic rings. The van der Waals surface area contributed by atoms with Gasteiger partial charge in [0.25, 0.3) is 0 Å². The Morgan fingerprint density at radius 2 is 2.00 bits per heavy atom. The van der Waals surface area contributed by atoms with E-state index in [2.05, 4.69) is 24.5 Å². The largest absolute Gasteiger partial charge is 0.323 e. The highest BCUT2D eigenvalue weighted by atomic mass is 32.1. The first kappa shape index (κ1) is 8.87. The van der Waals surface area contributed by atoms with E-state index in [1.807, 2.05) is 12.1 Å². The standard InChI is InChI=1S/C9H9NOS/c1-2-9(11)10-7-3-5-8(12)6-4-7/h2-6,12H,1H2,(H,10,11). The van der Waals surface area contributed by atoms with Gasteiger partial charge in [0.2, 0.25) is 5.91 Å². The molecule has 12 heavy (non-hydrogen) atoms. The molecule has 0 fully saturated rings. The van der Waals surface area contributed by atoms with Gasteiger partial charge in [-0.25, -0.2) is 0 Å². The minimum absolute atomic E-state index is 0.207. The molecule has 0 heterocycles. The van der Waals surface area contributed by atoms with Gasteiger partial charge in [-0.1, -0.05) is 6.58 Å². The molecule has 0 atom stereocenters. The molecule has 0 unspecified atom stereocenters. The number of hydrogen-bond acceptors (Lipinski definition) is 2. The zero-order valence-corrected chi connectivity index (χ0v) is 7.34. The second-order valence-corrected chi connectivity index (χ2v) is 2.76. The summed E-state index contributed by atoms with van der Waals surface area (Å²) in [6.45, 7) is 3.35. The second-order valence-electron chi connectivity index (χ2n) is 2.24. The molecule has 0 aromatic heterocycles. The van der Waals surface area contributed by atoms with Crippen molar-refractivity contribution in [2.75, 3.05) is 5.32 Å². The molecule has 0 aliphatic heterocycles. The minimum atomic E-state index is -0.207. The number of rotatable bonds is 2. The molecular weight excluding hydrogens is 170 g/mol. The first-order chi connectivity index (χ1) is 5.72.